The zero-order valence-electron chi connectivity index (χ0n) is 14.9. The van der Waals surface area contributed by atoms with Gasteiger partial charge in [0.05, 0.1) is 0 Å². The Morgan fingerprint density at radius 2 is 1.85 bits per heavy atom. The van der Waals surface area contributed by atoms with Crippen LogP contribution in [0.25, 0.3) is 0 Å². The molecule has 2 heterocycles. The van der Waals surface area contributed by atoms with Gasteiger partial charge in [-0.3, -0.25) is 9.78 Å². The van der Waals surface area contributed by atoms with Crippen LogP contribution in [0.2, 0.25) is 0 Å². The highest BCUT2D eigenvalue weighted by Gasteiger charge is 2.10. The van der Waals surface area contributed by atoms with E-state index in [9.17, 15) is 4.79 Å². The molecule has 3 rings (SSSR count). The molecule has 6 nitrogen and oxygen atoms in total. The Hall–Kier alpha value is -3.28. The normalized spacial score (nSPS) is 10.4. The van der Waals surface area contributed by atoms with Gasteiger partial charge in [-0.2, -0.15) is 0 Å². The van der Waals surface area contributed by atoms with Crippen molar-refractivity contribution in [1.82, 2.24) is 20.3 Å². The van der Waals surface area contributed by atoms with E-state index in [1.54, 1.807) is 18.5 Å². The van der Waals surface area contributed by atoms with Crippen LogP contribution in [0.3, 0.4) is 0 Å². The molecule has 0 atom stereocenters. The standard InChI is InChI=1S/C20H21N5O/c1-14-5-3-6-16(9-14)12-22-19(26)18-10-15(2)24-20(25-18)23-13-17-7-4-8-21-11-17/h3-11H,12-13H2,1-2H3,(H,22,26)(H,23,24,25). The molecular formula is C20H21N5O. The maximum atomic E-state index is 12.4. The van der Waals surface area contributed by atoms with E-state index in [1.165, 1.54) is 0 Å². The number of amides is 1. The molecule has 6 heteroatoms. The maximum Gasteiger partial charge on any atom is 0.270 e. The number of nitrogens with one attached hydrogen (secondary N) is 2. The first-order valence-corrected chi connectivity index (χ1v) is 8.42. The minimum absolute atomic E-state index is 0.221. The van der Waals surface area contributed by atoms with Gasteiger partial charge < -0.3 is 10.6 Å². The van der Waals surface area contributed by atoms with Crippen molar-refractivity contribution in [3.05, 3.63) is 82.9 Å². The highest BCUT2D eigenvalue weighted by atomic mass is 16.1. The Balaban J connectivity index is 1.65. The molecule has 0 saturated heterocycles. The monoisotopic (exact) mass is 347 g/mol. The number of aromatic nitrogens is 3. The molecule has 132 valence electrons. The smallest absolute Gasteiger partial charge is 0.270 e. The lowest BCUT2D eigenvalue weighted by Crippen LogP contribution is -2.24. The molecule has 2 aromatic heterocycles. The van der Waals surface area contributed by atoms with E-state index in [4.69, 9.17) is 0 Å². The van der Waals surface area contributed by atoms with Crippen molar-refractivity contribution in [1.29, 1.82) is 0 Å². The number of rotatable bonds is 6. The molecule has 1 amide bonds. The summed E-state index contributed by atoms with van der Waals surface area (Å²) in [6.07, 6.45) is 3.50. The largest absolute Gasteiger partial charge is 0.350 e. The fourth-order valence-corrected chi connectivity index (χ4v) is 2.54. The van der Waals surface area contributed by atoms with Crippen molar-refractivity contribution >= 4 is 11.9 Å². The Labute approximate surface area is 152 Å². The van der Waals surface area contributed by atoms with Crippen LogP contribution in [-0.2, 0) is 13.1 Å². The molecule has 0 spiro atoms. The molecule has 1 aromatic carbocycles. The number of hydrogen-bond donors (Lipinski definition) is 2. The predicted octanol–water partition coefficient (Wildman–Crippen LogP) is 3.03. The summed E-state index contributed by atoms with van der Waals surface area (Å²) in [5.41, 5.74) is 4.31. The fraction of sp³-hybridized carbons (Fsp3) is 0.200. The van der Waals surface area contributed by atoms with Gasteiger partial charge in [-0.1, -0.05) is 35.9 Å². The second kappa shape index (κ2) is 8.20. The van der Waals surface area contributed by atoms with E-state index in [-0.39, 0.29) is 5.91 Å². The molecule has 26 heavy (non-hydrogen) atoms. The summed E-state index contributed by atoms with van der Waals surface area (Å²) in [5.74, 6) is 0.205. The van der Waals surface area contributed by atoms with E-state index in [0.717, 1.165) is 22.4 Å². The van der Waals surface area contributed by atoms with Crippen LogP contribution >= 0.6 is 0 Å². The molecule has 0 bridgehead atoms. The number of carbonyl (C=O) groups is 1. The minimum Gasteiger partial charge on any atom is -0.350 e. The van der Waals surface area contributed by atoms with Gasteiger partial charge in [0.25, 0.3) is 5.91 Å². The summed E-state index contributed by atoms with van der Waals surface area (Å²) in [6.45, 7) is 4.87. The zero-order chi connectivity index (χ0) is 18.4. The summed E-state index contributed by atoms with van der Waals surface area (Å²) in [6, 6.07) is 13.6. The molecule has 2 N–H and O–H groups in total. The van der Waals surface area contributed by atoms with Crippen molar-refractivity contribution in [2.24, 2.45) is 0 Å². The average molecular weight is 347 g/mol. The Morgan fingerprint density at radius 1 is 1.00 bits per heavy atom. The van der Waals surface area contributed by atoms with Crippen molar-refractivity contribution in [3.8, 4) is 0 Å². The van der Waals surface area contributed by atoms with Gasteiger partial charge >= 0.3 is 0 Å². The van der Waals surface area contributed by atoms with Crippen LogP contribution in [0.15, 0.2) is 54.9 Å². The summed E-state index contributed by atoms with van der Waals surface area (Å²) in [7, 11) is 0. The molecule has 0 unspecified atom stereocenters. The number of hydrogen-bond acceptors (Lipinski definition) is 5. The van der Waals surface area contributed by atoms with Gasteiger partial charge in [-0.15, -0.1) is 0 Å². The summed E-state index contributed by atoms with van der Waals surface area (Å²) in [5, 5.41) is 6.04. The Kier molecular flexibility index (Phi) is 5.53. The molecule has 0 aliphatic rings. The topological polar surface area (TPSA) is 79.8 Å². The number of aryl methyl sites for hydroxylation is 2. The lowest BCUT2D eigenvalue weighted by Gasteiger charge is -2.09. The quantitative estimate of drug-likeness (QED) is 0.716. The Morgan fingerprint density at radius 3 is 2.62 bits per heavy atom. The third-order valence-corrected chi connectivity index (χ3v) is 3.80. The van der Waals surface area contributed by atoms with Gasteiger partial charge in [0.1, 0.15) is 5.69 Å². The van der Waals surface area contributed by atoms with Crippen LogP contribution in [0.1, 0.15) is 32.9 Å². The zero-order valence-corrected chi connectivity index (χ0v) is 14.9. The van der Waals surface area contributed by atoms with Gasteiger partial charge in [-0.25, -0.2) is 9.97 Å². The summed E-state index contributed by atoms with van der Waals surface area (Å²) >= 11 is 0. The highest BCUT2D eigenvalue weighted by Crippen LogP contribution is 2.08. The molecule has 3 aromatic rings. The Bertz CT molecular complexity index is 896. The van der Waals surface area contributed by atoms with Crippen LogP contribution in [0.4, 0.5) is 5.95 Å². The molecule has 0 aliphatic heterocycles. The van der Waals surface area contributed by atoms with Crippen molar-refractivity contribution in [2.75, 3.05) is 5.32 Å². The number of carbonyl (C=O) groups excluding carboxylic acids is 1. The van der Waals surface area contributed by atoms with Gasteiger partial charge in [-0.05, 0) is 37.1 Å². The fourth-order valence-electron chi connectivity index (χ4n) is 2.54. The second-order valence-electron chi connectivity index (χ2n) is 6.10. The van der Waals surface area contributed by atoms with Crippen molar-refractivity contribution in [3.63, 3.8) is 0 Å². The lowest BCUT2D eigenvalue weighted by molar-refractivity contribution is 0.0945. The molecular weight excluding hydrogens is 326 g/mol. The second-order valence-corrected chi connectivity index (χ2v) is 6.10. The first-order valence-electron chi connectivity index (χ1n) is 8.42. The molecule has 0 saturated carbocycles. The van der Waals surface area contributed by atoms with Crippen LogP contribution < -0.4 is 10.6 Å². The van der Waals surface area contributed by atoms with Crippen LogP contribution in [-0.4, -0.2) is 20.9 Å². The first kappa shape index (κ1) is 17.5. The predicted molar refractivity (Wildman–Crippen MR) is 101 cm³/mol. The number of nitrogens with zero attached hydrogens (tertiary/aromatic N) is 3. The molecule has 0 radical (unpaired) electrons. The van der Waals surface area contributed by atoms with E-state index in [0.29, 0.717) is 24.7 Å². The number of benzene rings is 1. The molecule has 0 aliphatic carbocycles. The first-order chi connectivity index (χ1) is 12.6. The lowest BCUT2D eigenvalue weighted by atomic mass is 10.1. The van der Waals surface area contributed by atoms with Crippen LogP contribution in [0, 0.1) is 13.8 Å². The van der Waals surface area contributed by atoms with Crippen molar-refractivity contribution < 1.29 is 4.79 Å². The summed E-state index contributed by atoms with van der Waals surface area (Å²) < 4.78 is 0. The van der Waals surface area contributed by atoms with E-state index in [1.807, 2.05) is 50.2 Å². The average Bonchev–Trinajstić information content (AvgIpc) is 2.65. The van der Waals surface area contributed by atoms with E-state index in [2.05, 4.69) is 25.6 Å². The van der Waals surface area contributed by atoms with E-state index >= 15 is 0 Å². The minimum atomic E-state index is -0.221. The highest BCUT2D eigenvalue weighted by molar-refractivity contribution is 5.92. The third-order valence-electron chi connectivity index (χ3n) is 3.80. The number of anilines is 1. The van der Waals surface area contributed by atoms with Crippen LogP contribution in [0.5, 0.6) is 0 Å². The number of pyridine rings is 1. The third kappa shape index (κ3) is 4.86. The van der Waals surface area contributed by atoms with Crippen molar-refractivity contribution in [2.45, 2.75) is 26.9 Å². The van der Waals surface area contributed by atoms with E-state index < -0.39 is 0 Å². The SMILES string of the molecule is Cc1cccc(CNC(=O)c2cc(C)nc(NCc3cccnc3)n2)c1. The van der Waals surface area contributed by atoms with Gasteiger partial charge in [0.15, 0.2) is 0 Å². The van der Waals surface area contributed by atoms with Gasteiger partial charge in [0, 0.05) is 31.2 Å². The van der Waals surface area contributed by atoms with Gasteiger partial charge in [0.2, 0.25) is 5.95 Å². The molecule has 0 fully saturated rings. The maximum absolute atomic E-state index is 12.4. The summed E-state index contributed by atoms with van der Waals surface area (Å²) in [4.78, 5) is 25.2.